The Morgan fingerprint density at radius 1 is 1.14 bits per heavy atom. The maximum atomic E-state index is 12.9. The number of amides is 1. The van der Waals surface area contributed by atoms with Crippen LogP contribution in [0.25, 0.3) is 0 Å². The molecule has 2 aromatic carbocycles. The molecule has 0 radical (unpaired) electrons. The first-order chi connectivity index (χ1) is 13.4. The van der Waals surface area contributed by atoms with E-state index in [0.717, 1.165) is 17.5 Å². The van der Waals surface area contributed by atoms with Gasteiger partial charge >= 0.3 is 0 Å². The van der Waals surface area contributed by atoms with Crippen LogP contribution in [0.5, 0.6) is 0 Å². The molecular formula is C21H26N2O4S. The van der Waals surface area contributed by atoms with Crippen LogP contribution in [0, 0.1) is 6.92 Å². The molecule has 0 bridgehead atoms. The van der Waals surface area contributed by atoms with E-state index < -0.39 is 10.0 Å². The van der Waals surface area contributed by atoms with Crippen molar-refractivity contribution in [1.82, 2.24) is 9.62 Å². The molecular weight excluding hydrogens is 376 g/mol. The van der Waals surface area contributed by atoms with Crippen molar-refractivity contribution in [1.29, 1.82) is 0 Å². The second-order valence-electron chi connectivity index (χ2n) is 6.84. The Balaban J connectivity index is 1.85. The predicted molar refractivity (Wildman–Crippen MR) is 108 cm³/mol. The van der Waals surface area contributed by atoms with Crippen LogP contribution in [0.1, 0.15) is 40.9 Å². The number of ether oxygens (including phenoxy) is 1. The molecule has 0 aliphatic carbocycles. The molecule has 1 atom stereocenters. The van der Waals surface area contributed by atoms with Gasteiger partial charge in [0, 0.05) is 18.7 Å². The molecule has 28 heavy (non-hydrogen) atoms. The number of rotatable bonds is 6. The SMILES string of the molecule is CC[C@H](NC(=O)c1cc(S(=O)(=O)N2CCOCC2)ccc1C)c1ccccc1. The van der Waals surface area contributed by atoms with Gasteiger partial charge in [-0.2, -0.15) is 4.31 Å². The Bertz CT molecular complexity index is 923. The third kappa shape index (κ3) is 4.43. The van der Waals surface area contributed by atoms with Crippen LogP contribution >= 0.6 is 0 Å². The lowest BCUT2D eigenvalue weighted by Gasteiger charge is -2.26. The highest BCUT2D eigenvalue weighted by Gasteiger charge is 2.27. The fraction of sp³-hybridized carbons (Fsp3) is 0.381. The summed E-state index contributed by atoms with van der Waals surface area (Å²) in [7, 11) is -3.65. The van der Waals surface area contributed by atoms with Crippen molar-refractivity contribution in [2.24, 2.45) is 0 Å². The lowest BCUT2D eigenvalue weighted by Crippen LogP contribution is -2.40. The molecule has 0 saturated carbocycles. The van der Waals surface area contributed by atoms with E-state index in [2.05, 4.69) is 5.32 Å². The van der Waals surface area contributed by atoms with Gasteiger partial charge in [-0.1, -0.05) is 43.3 Å². The second kappa shape index (κ2) is 8.86. The molecule has 1 heterocycles. The van der Waals surface area contributed by atoms with Gasteiger partial charge < -0.3 is 10.1 Å². The maximum Gasteiger partial charge on any atom is 0.252 e. The summed E-state index contributed by atoms with van der Waals surface area (Å²) in [6, 6.07) is 14.3. The van der Waals surface area contributed by atoms with E-state index >= 15 is 0 Å². The zero-order valence-electron chi connectivity index (χ0n) is 16.2. The largest absolute Gasteiger partial charge is 0.379 e. The molecule has 1 fully saturated rings. The quantitative estimate of drug-likeness (QED) is 0.806. The first-order valence-corrected chi connectivity index (χ1v) is 10.9. The summed E-state index contributed by atoms with van der Waals surface area (Å²) in [5.74, 6) is -0.271. The normalized spacial score (nSPS) is 16.5. The van der Waals surface area contributed by atoms with Crippen LogP contribution in [-0.2, 0) is 14.8 Å². The van der Waals surface area contributed by atoms with Crippen LogP contribution in [0.15, 0.2) is 53.4 Å². The number of hydrogen-bond donors (Lipinski definition) is 1. The van der Waals surface area contributed by atoms with Crippen molar-refractivity contribution in [3.05, 3.63) is 65.2 Å². The van der Waals surface area contributed by atoms with Crippen LogP contribution in [-0.4, -0.2) is 44.9 Å². The minimum atomic E-state index is -3.65. The molecule has 0 unspecified atom stereocenters. The Morgan fingerprint density at radius 3 is 2.46 bits per heavy atom. The average Bonchev–Trinajstić information content (AvgIpc) is 2.73. The predicted octanol–water partition coefficient (Wildman–Crippen LogP) is 2.90. The molecule has 1 saturated heterocycles. The van der Waals surface area contributed by atoms with Crippen LogP contribution in [0.2, 0.25) is 0 Å². The molecule has 1 aliphatic rings. The molecule has 1 amide bonds. The molecule has 0 aromatic heterocycles. The van der Waals surface area contributed by atoms with Gasteiger partial charge in [-0.05, 0) is 36.6 Å². The van der Waals surface area contributed by atoms with Gasteiger partial charge in [-0.25, -0.2) is 8.42 Å². The number of aryl methyl sites for hydroxylation is 1. The number of benzene rings is 2. The van der Waals surface area contributed by atoms with E-state index in [1.54, 1.807) is 12.1 Å². The number of carbonyl (C=O) groups is 1. The first-order valence-electron chi connectivity index (χ1n) is 9.48. The second-order valence-corrected chi connectivity index (χ2v) is 8.78. The van der Waals surface area contributed by atoms with E-state index in [9.17, 15) is 13.2 Å². The summed E-state index contributed by atoms with van der Waals surface area (Å²) in [4.78, 5) is 13.1. The molecule has 7 heteroatoms. The van der Waals surface area contributed by atoms with Gasteiger partial charge in [0.1, 0.15) is 0 Å². The Morgan fingerprint density at radius 2 is 1.82 bits per heavy atom. The van der Waals surface area contributed by atoms with Crippen LogP contribution in [0.4, 0.5) is 0 Å². The van der Waals surface area contributed by atoms with Crippen molar-refractivity contribution >= 4 is 15.9 Å². The van der Waals surface area contributed by atoms with Gasteiger partial charge in [-0.3, -0.25) is 4.79 Å². The molecule has 150 valence electrons. The Hall–Kier alpha value is -2.22. The molecule has 2 aromatic rings. The fourth-order valence-corrected chi connectivity index (χ4v) is 4.72. The number of carbonyl (C=O) groups excluding carboxylic acids is 1. The summed E-state index contributed by atoms with van der Waals surface area (Å²) < 4.78 is 32.5. The number of nitrogens with zero attached hydrogens (tertiary/aromatic N) is 1. The number of nitrogens with one attached hydrogen (secondary N) is 1. The zero-order valence-corrected chi connectivity index (χ0v) is 17.0. The van der Waals surface area contributed by atoms with E-state index in [1.807, 2.05) is 44.2 Å². The first kappa shape index (κ1) is 20.5. The standard InChI is InChI=1S/C21H26N2O4S/c1-3-20(17-7-5-4-6-8-17)22-21(24)19-15-18(10-9-16(19)2)28(25,26)23-11-13-27-14-12-23/h4-10,15,20H,3,11-14H2,1-2H3,(H,22,24)/t20-/m0/s1. The topological polar surface area (TPSA) is 75.7 Å². The molecule has 1 N–H and O–H groups in total. The summed E-state index contributed by atoms with van der Waals surface area (Å²) in [5.41, 5.74) is 2.14. The van der Waals surface area contributed by atoms with Crippen LogP contribution < -0.4 is 5.32 Å². The number of morpholine rings is 1. The lowest BCUT2D eigenvalue weighted by molar-refractivity contribution is 0.0730. The lowest BCUT2D eigenvalue weighted by atomic mass is 10.0. The van der Waals surface area contributed by atoms with Crippen molar-refractivity contribution in [3.8, 4) is 0 Å². The van der Waals surface area contributed by atoms with E-state index in [0.29, 0.717) is 31.9 Å². The molecule has 3 rings (SSSR count). The van der Waals surface area contributed by atoms with Crippen molar-refractivity contribution < 1.29 is 17.9 Å². The third-order valence-electron chi connectivity index (χ3n) is 4.98. The summed E-state index contributed by atoms with van der Waals surface area (Å²) in [5, 5.41) is 3.03. The summed E-state index contributed by atoms with van der Waals surface area (Å²) >= 11 is 0. The highest BCUT2D eigenvalue weighted by Crippen LogP contribution is 2.22. The van der Waals surface area contributed by atoms with E-state index in [1.165, 1.54) is 10.4 Å². The molecule has 0 spiro atoms. The highest BCUT2D eigenvalue weighted by molar-refractivity contribution is 7.89. The minimum absolute atomic E-state index is 0.132. The summed E-state index contributed by atoms with van der Waals surface area (Å²) in [6.07, 6.45) is 0.737. The van der Waals surface area contributed by atoms with Crippen molar-refractivity contribution in [3.63, 3.8) is 0 Å². The van der Waals surface area contributed by atoms with Crippen molar-refractivity contribution in [2.45, 2.75) is 31.2 Å². The monoisotopic (exact) mass is 402 g/mol. The molecule has 1 aliphatic heterocycles. The fourth-order valence-electron chi connectivity index (χ4n) is 3.28. The van der Waals surface area contributed by atoms with Gasteiger partial charge in [0.25, 0.3) is 5.91 Å². The van der Waals surface area contributed by atoms with Gasteiger partial charge in [0.2, 0.25) is 10.0 Å². The highest BCUT2D eigenvalue weighted by atomic mass is 32.2. The smallest absolute Gasteiger partial charge is 0.252 e. The van der Waals surface area contributed by atoms with Gasteiger partial charge in [0.15, 0.2) is 0 Å². The minimum Gasteiger partial charge on any atom is -0.379 e. The number of sulfonamides is 1. The maximum absolute atomic E-state index is 12.9. The zero-order chi connectivity index (χ0) is 20.1. The Kier molecular flexibility index (Phi) is 6.49. The van der Waals surface area contributed by atoms with E-state index in [-0.39, 0.29) is 16.8 Å². The van der Waals surface area contributed by atoms with Crippen molar-refractivity contribution in [2.75, 3.05) is 26.3 Å². The van der Waals surface area contributed by atoms with Gasteiger partial charge in [0.05, 0.1) is 24.2 Å². The Labute approximate surface area is 166 Å². The molecule has 6 nitrogen and oxygen atoms in total. The van der Waals surface area contributed by atoms with Gasteiger partial charge in [-0.15, -0.1) is 0 Å². The summed E-state index contributed by atoms with van der Waals surface area (Å²) in [6.45, 7) is 5.22. The number of hydrogen-bond acceptors (Lipinski definition) is 4. The average molecular weight is 403 g/mol. The third-order valence-corrected chi connectivity index (χ3v) is 6.87. The van der Waals surface area contributed by atoms with Crippen LogP contribution in [0.3, 0.4) is 0 Å². The van der Waals surface area contributed by atoms with E-state index in [4.69, 9.17) is 4.74 Å².